The van der Waals surface area contributed by atoms with Crippen molar-refractivity contribution in [2.75, 3.05) is 38.9 Å². The lowest BCUT2D eigenvalue weighted by atomic mass is 10.1. The van der Waals surface area contributed by atoms with Gasteiger partial charge in [0, 0.05) is 17.9 Å². The summed E-state index contributed by atoms with van der Waals surface area (Å²) in [5.74, 6) is 0.967. The first-order valence-electron chi connectivity index (χ1n) is 7.51. The zero-order valence-corrected chi connectivity index (χ0v) is 14.1. The molecule has 2 rings (SSSR count). The lowest BCUT2D eigenvalue weighted by molar-refractivity contribution is 0.0602. The van der Waals surface area contributed by atoms with Gasteiger partial charge in [0.25, 0.3) is 0 Å². The summed E-state index contributed by atoms with van der Waals surface area (Å²) >= 11 is 0. The lowest BCUT2D eigenvalue weighted by Gasteiger charge is -2.13. The molecule has 0 atom stereocenters. The molecule has 0 aliphatic heterocycles. The Bertz CT molecular complexity index is 716. The molecule has 0 radical (unpaired) electrons. The van der Waals surface area contributed by atoms with E-state index in [1.165, 1.54) is 7.11 Å². The molecule has 3 N–H and O–H groups in total. The summed E-state index contributed by atoms with van der Waals surface area (Å²) in [5.41, 5.74) is 8.46. The standard InChI is InChI=1S/C18H22N2O4/c1-22-16-7-4-12(10-17(16)23-2)8-9-20-15-6-5-13(19)11-14(15)18(21)24-3/h4-7,10-11,20H,8-9,19H2,1-3H3. The summed E-state index contributed by atoms with van der Waals surface area (Å²) in [4.78, 5) is 11.8. The van der Waals surface area contributed by atoms with Gasteiger partial charge >= 0.3 is 5.97 Å². The van der Waals surface area contributed by atoms with Crippen LogP contribution in [-0.2, 0) is 11.2 Å². The van der Waals surface area contributed by atoms with Crippen molar-refractivity contribution in [2.45, 2.75) is 6.42 Å². The Kier molecular flexibility index (Phi) is 5.89. The third kappa shape index (κ3) is 4.10. The molecule has 0 unspecified atom stereocenters. The van der Waals surface area contributed by atoms with E-state index in [0.29, 0.717) is 35.0 Å². The summed E-state index contributed by atoms with van der Waals surface area (Å²) in [6.45, 7) is 0.642. The van der Waals surface area contributed by atoms with Crippen LogP contribution in [0, 0.1) is 0 Å². The minimum Gasteiger partial charge on any atom is -0.493 e. The van der Waals surface area contributed by atoms with E-state index in [0.717, 1.165) is 12.0 Å². The Labute approximate surface area is 141 Å². The smallest absolute Gasteiger partial charge is 0.340 e. The average molecular weight is 330 g/mol. The maximum Gasteiger partial charge on any atom is 0.340 e. The zero-order chi connectivity index (χ0) is 17.5. The van der Waals surface area contributed by atoms with Crippen LogP contribution in [0.4, 0.5) is 11.4 Å². The van der Waals surface area contributed by atoms with Gasteiger partial charge in [-0.3, -0.25) is 0 Å². The molecule has 0 spiro atoms. The van der Waals surface area contributed by atoms with E-state index < -0.39 is 5.97 Å². The molecule has 0 heterocycles. The van der Waals surface area contributed by atoms with Gasteiger partial charge in [0.2, 0.25) is 0 Å². The SMILES string of the molecule is COC(=O)c1cc(N)ccc1NCCc1ccc(OC)c(OC)c1. The number of nitrogen functional groups attached to an aromatic ring is 1. The van der Waals surface area contributed by atoms with E-state index >= 15 is 0 Å². The summed E-state index contributed by atoms with van der Waals surface area (Å²) in [6, 6.07) is 10.9. The van der Waals surface area contributed by atoms with E-state index in [9.17, 15) is 4.79 Å². The Morgan fingerprint density at radius 2 is 1.79 bits per heavy atom. The molecular formula is C18H22N2O4. The van der Waals surface area contributed by atoms with Crippen molar-refractivity contribution < 1.29 is 19.0 Å². The van der Waals surface area contributed by atoms with Crippen LogP contribution in [-0.4, -0.2) is 33.8 Å². The molecule has 6 nitrogen and oxygen atoms in total. The van der Waals surface area contributed by atoms with Crippen LogP contribution in [0.2, 0.25) is 0 Å². The number of carbonyl (C=O) groups is 1. The molecular weight excluding hydrogens is 308 g/mol. The molecule has 0 bridgehead atoms. The van der Waals surface area contributed by atoms with Crippen LogP contribution in [0.3, 0.4) is 0 Å². The van der Waals surface area contributed by atoms with Crippen LogP contribution in [0.1, 0.15) is 15.9 Å². The predicted molar refractivity (Wildman–Crippen MR) is 93.9 cm³/mol. The molecule has 0 aromatic heterocycles. The van der Waals surface area contributed by atoms with Crippen LogP contribution in [0.5, 0.6) is 11.5 Å². The van der Waals surface area contributed by atoms with Gasteiger partial charge in [-0.25, -0.2) is 4.79 Å². The minimum atomic E-state index is -0.420. The van der Waals surface area contributed by atoms with E-state index in [1.54, 1.807) is 32.4 Å². The Hall–Kier alpha value is -2.89. The van der Waals surface area contributed by atoms with Crippen molar-refractivity contribution in [2.24, 2.45) is 0 Å². The number of benzene rings is 2. The first-order valence-corrected chi connectivity index (χ1v) is 7.51. The summed E-state index contributed by atoms with van der Waals surface area (Å²) in [7, 11) is 4.56. The van der Waals surface area contributed by atoms with Crippen molar-refractivity contribution in [3.63, 3.8) is 0 Å². The number of esters is 1. The fraction of sp³-hybridized carbons (Fsp3) is 0.278. The van der Waals surface area contributed by atoms with Gasteiger partial charge in [0.05, 0.1) is 26.9 Å². The van der Waals surface area contributed by atoms with Gasteiger partial charge in [-0.2, -0.15) is 0 Å². The third-order valence-corrected chi connectivity index (χ3v) is 3.63. The second-order valence-corrected chi connectivity index (χ2v) is 5.16. The lowest BCUT2D eigenvalue weighted by Crippen LogP contribution is -2.11. The second kappa shape index (κ2) is 8.10. The molecule has 24 heavy (non-hydrogen) atoms. The number of hydrogen-bond donors (Lipinski definition) is 2. The molecule has 0 saturated carbocycles. The van der Waals surface area contributed by atoms with Crippen LogP contribution >= 0.6 is 0 Å². The van der Waals surface area contributed by atoms with Crippen LogP contribution < -0.4 is 20.5 Å². The molecule has 2 aromatic rings. The molecule has 0 aliphatic carbocycles. The van der Waals surface area contributed by atoms with Crippen LogP contribution in [0.25, 0.3) is 0 Å². The summed E-state index contributed by atoms with van der Waals surface area (Å²) < 4.78 is 15.3. The Morgan fingerprint density at radius 3 is 2.46 bits per heavy atom. The molecule has 128 valence electrons. The van der Waals surface area contributed by atoms with Crippen LogP contribution in [0.15, 0.2) is 36.4 Å². The fourth-order valence-electron chi connectivity index (χ4n) is 2.37. The zero-order valence-electron chi connectivity index (χ0n) is 14.1. The predicted octanol–water partition coefficient (Wildman–Crippen LogP) is 2.73. The number of carbonyl (C=O) groups excluding carboxylic acids is 1. The summed E-state index contributed by atoms with van der Waals surface area (Å²) in [6.07, 6.45) is 0.755. The van der Waals surface area contributed by atoms with Crippen molar-refractivity contribution in [1.29, 1.82) is 0 Å². The number of methoxy groups -OCH3 is 3. The number of rotatable bonds is 7. The number of hydrogen-bond acceptors (Lipinski definition) is 6. The van der Waals surface area contributed by atoms with Gasteiger partial charge < -0.3 is 25.3 Å². The van der Waals surface area contributed by atoms with Gasteiger partial charge in [0.1, 0.15) is 0 Å². The van der Waals surface area contributed by atoms with Crippen molar-refractivity contribution in [3.8, 4) is 11.5 Å². The van der Waals surface area contributed by atoms with Crippen molar-refractivity contribution in [3.05, 3.63) is 47.5 Å². The third-order valence-electron chi connectivity index (χ3n) is 3.63. The molecule has 6 heteroatoms. The molecule has 0 amide bonds. The summed E-state index contributed by atoms with van der Waals surface area (Å²) in [5, 5.41) is 3.24. The maximum atomic E-state index is 11.8. The molecule has 0 fully saturated rings. The Morgan fingerprint density at radius 1 is 1.04 bits per heavy atom. The van der Waals surface area contributed by atoms with E-state index in [-0.39, 0.29) is 0 Å². The average Bonchev–Trinajstić information content (AvgIpc) is 2.61. The first-order chi connectivity index (χ1) is 11.6. The number of nitrogens with one attached hydrogen (secondary N) is 1. The highest BCUT2D eigenvalue weighted by Crippen LogP contribution is 2.27. The topological polar surface area (TPSA) is 82.8 Å². The minimum absolute atomic E-state index is 0.420. The highest BCUT2D eigenvalue weighted by Gasteiger charge is 2.12. The first kappa shape index (κ1) is 17.5. The Balaban J connectivity index is 2.06. The quantitative estimate of drug-likeness (QED) is 0.600. The molecule has 0 aliphatic rings. The van der Waals surface area contributed by atoms with Crippen molar-refractivity contribution >= 4 is 17.3 Å². The van der Waals surface area contributed by atoms with Gasteiger partial charge in [0.15, 0.2) is 11.5 Å². The van der Waals surface area contributed by atoms with Gasteiger partial charge in [-0.15, -0.1) is 0 Å². The second-order valence-electron chi connectivity index (χ2n) is 5.16. The fourth-order valence-corrected chi connectivity index (χ4v) is 2.37. The van der Waals surface area contributed by atoms with E-state index in [4.69, 9.17) is 19.9 Å². The number of ether oxygens (including phenoxy) is 3. The van der Waals surface area contributed by atoms with Crippen molar-refractivity contribution in [1.82, 2.24) is 0 Å². The molecule has 0 saturated heterocycles. The number of anilines is 2. The van der Waals surface area contributed by atoms with Gasteiger partial charge in [-0.1, -0.05) is 6.07 Å². The van der Waals surface area contributed by atoms with Gasteiger partial charge in [-0.05, 0) is 42.3 Å². The molecule has 2 aromatic carbocycles. The highest BCUT2D eigenvalue weighted by atomic mass is 16.5. The normalized spacial score (nSPS) is 10.1. The maximum absolute atomic E-state index is 11.8. The van der Waals surface area contributed by atoms with E-state index in [1.807, 2.05) is 18.2 Å². The largest absolute Gasteiger partial charge is 0.493 e. The highest BCUT2D eigenvalue weighted by molar-refractivity contribution is 5.96. The number of nitrogens with two attached hydrogens (primary N) is 1. The monoisotopic (exact) mass is 330 g/mol. The van der Waals surface area contributed by atoms with E-state index in [2.05, 4.69) is 5.32 Å².